The first-order valence-electron chi connectivity index (χ1n) is 9.92. The Hall–Kier alpha value is -1.18. The third-order valence-electron chi connectivity index (χ3n) is 5.79. The number of halogens is 2. The fourth-order valence-corrected chi connectivity index (χ4v) is 13.4. The number of fused-ring (bicyclic) bond motifs is 4. The molecule has 4 aromatic carbocycles. The third kappa shape index (κ3) is 4.00. The Morgan fingerprint density at radius 3 is 2.20 bits per heavy atom. The fourth-order valence-electron chi connectivity index (χ4n) is 4.54. The van der Waals surface area contributed by atoms with Crippen molar-refractivity contribution >= 4 is 57.9 Å². The van der Waals surface area contributed by atoms with Gasteiger partial charge in [-0.3, -0.25) is 0 Å². The summed E-state index contributed by atoms with van der Waals surface area (Å²) in [6, 6.07) is 27.1. The number of allylic oxidation sites excluding steroid dienone is 1. The molecule has 0 amide bonds. The summed E-state index contributed by atoms with van der Waals surface area (Å²) in [6.07, 6.45) is 2.49. The van der Waals surface area contributed by atoms with Crippen LogP contribution >= 0.6 is 24.8 Å². The van der Waals surface area contributed by atoms with Crippen molar-refractivity contribution in [2.45, 2.75) is 23.6 Å². The minimum atomic E-state index is -0.376. The van der Waals surface area contributed by atoms with Gasteiger partial charge in [0.2, 0.25) is 0 Å². The van der Waals surface area contributed by atoms with Crippen molar-refractivity contribution in [3.05, 3.63) is 89.5 Å². The van der Waals surface area contributed by atoms with Crippen LogP contribution in [0.4, 0.5) is 0 Å². The molecule has 0 saturated carbocycles. The number of hydrogen-bond donors (Lipinski definition) is 0. The molecule has 0 fully saturated rings. The molecule has 0 heterocycles. The van der Waals surface area contributed by atoms with Gasteiger partial charge in [0.05, 0.1) is 0 Å². The van der Waals surface area contributed by atoms with Crippen molar-refractivity contribution in [3.63, 3.8) is 0 Å². The second kappa shape index (κ2) is 9.53. The second-order valence-corrected chi connectivity index (χ2v) is 21.2. The molecule has 0 N–H and O–H groups in total. The normalized spacial score (nSPS) is 14.4. The van der Waals surface area contributed by atoms with Gasteiger partial charge in [-0.2, -0.15) is 0 Å². The van der Waals surface area contributed by atoms with Gasteiger partial charge in [-0.1, -0.05) is 0 Å². The maximum Gasteiger partial charge on any atom is -0.147 e. The van der Waals surface area contributed by atoms with Gasteiger partial charge in [-0.15, -0.1) is 24.8 Å². The molecular weight excluding hydrogens is 503 g/mol. The van der Waals surface area contributed by atoms with E-state index in [2.05, 4.69) is 98.9 Å². The molecule has 0 bridgehead atoms. The van der Waals surface area contributed by atoms with Crippen molar-refractivity contribution in [1.29, 1.82) is 0 Å². The van der Waals surface area contributed by atoms with Crippen LogP contribution in [0.2, 0.25) is 13.1 Å². The van der Waals surface area contributed by atoms with Crippen LogP contribution in [0.1, 0.15) is 21.7 Å². The average Bonchev–Trinajstić information content (AvgIpc) is 3.02. The number of benzene rings is 4. The molecule has 151 valence electrons. The standard InChI is InChI=1S/C24H17.C2H6Si.2ClH.Zr/c1-16-14-18-7-4-9-22(24(18)15-16)21-11-5-10-20-19-8-3-2-6-17(19)12-13-23(20)21;1-3-2;;;/h2-15H,1H3;1-2H3;2*1H;. The molecule has 0 saturated heterocycles. The maximum atomic E-state index is 2.50. The van der Waals surface area contributed by atoms with E-state index < -0.39 is 0 Å². The van der Waals surface area contributed by atoms with E-state index in [0.717, 1.165) is 3.63 Å². The van der Waals surface area contributed by atoms with E-state index in [0.29, 0.717) is 0 Å². The van der Waals surface area contributed by atoms with Gasteiger partial charge in [0.25, 0.3) is 0 Å². The summed E-state index contributed by atoms with van der Waals surface area (Å²) >= 11 is -0.376. The summed E-state index contributed by atoms with van der Waals surface area (Å²) in [5.74, 6) is 0. The van der Waals surface area contributed by atoms with Crippen LogP contribution in [-0.2, 0) is 21.9 Å². The Bertz CT molecular complexity index is 1300. The molecule has 0 aliphatic heterocycles. The van der Waals surface area contributed by atoms with E-state index in [-0.39, 0.29) is 52.1 Å². The van der Waals surface area contributed by atoms with Crippen LogP contribution < -0.4 is 0 Å². The molecule has 4 aromatic rings. The van der Waals surface area contributed by atoms with Gasteiger partial charge in [0.15, 0.2) is 0 Å². The molecule has 1 atom stereocenters. The van der Waals surface area contributed by atoms with Crippen LogP contribution in [0.5, 0.6) is 0 Å². The summed E-state index contributed by atoms with van der Waals surface area (Å²) in [5.41, 5.74) is 7.36. The van der Waals surface area contributed by atoms with E-state index in [1.165, 1.54) is 38.2 Å². The van der Waals surface area contributed by atoms with Crippen molar-refractivity contribution in [2.75, 3.05) is 0 Å². The molecule has 0 radical (unpaired) electrons. The minimum Gasteiger partial charge on any atom is -0.147 e. The molecule has 1 unspecified atom stereocenters. The van der Waals surface area contributed by atoms with Crippen molar-refractivity contribution in [1.82, 2.24) is 0 Å². The quantitative estimate of drug-likeness (QED) is 0.182. The number of rotatable bonds is 2. The Morgan fingerprint density at radius 2 is 1.40 bits per heavy atom. The summed E-state index contributed by atoms with van der Waals surface area (Å²) in [4.78, 5) is 0. The molecule has 1 aliphatic carbocycles. The van der Waals surface area contributed by atoms with Gasteiger partial charge in [0.1, 0.15) is 0 Å². The van der Waals surface area contributed by atoms with Gasteiger partial charge < -0.3 is 0 Å². The molecule has 0 aromatic heterocycles. The summed E-state index contributed by atoms with van der Waals surface area (Å²) < 4.78 is 0.776. The van der Waals surface area contributed by atoms with E-state index in [9.17, 15) is 0 Å². The van der Waals surface area contributed by atoms with E-state index in [1.807, 2.05) is 0 Å². The van der Waals surface area contributed by atoms with Crippen LogP contribution in [-0.4, -0.2) is 5.43 Å². The largest absolute Gasteiger partial charge is 0.147 e. The molecule has 4 heteroatoms. The van der Waals surface area contributed by atoms with E-state index in [4.69, 9.17) is 0 Å². The summed E-state index contributed by atoms with van der Waals surface area (Å²) in [6.45, 7) is 7.36. The van der Waals surface area contributed by atoms with Crippen LogP contribution in [0.25, 0.3) is 38.7 Å². The predicted molar refractivity (Wildman–Crippen MR) is 135 cm³/mol. The van der Waals surface area contributed by atoms with Crippen molar-refractivity contribution in [3.8, 4) is 11.1 Å². The summed E-state index contributed by atoms with van der Waals surface area (Å²) in [5, 5.41) is 5.37. The van der Waals surface area contributed by atoms with E-state index in [1.54, 1.807) is 11.1 Å². The molecular formula is C26H25Cl2SiZr. The van der Waals surface area contributed by atoms with Gasteiger partial charge in [0, 0.05) is 0 Å². The van der Waals surface area contributed by atoms with Gasteiger partial charge >= 0.3 is 179 Å². The first-order chi connectivity index (χ1) is 13.6. The van der Waals surface area contributed by atoms with Gasteiger partial charge in [-0.25, -0.2) is 0 Å². The first-order valence-corrected chi connectivity index (χ1v) is 17.5. The monoisotopic (exact) mass is 525 g/mol. The summed E-state index contributed by atoms with van der Waals surface area (Å²) in [7, 11) is 0. The third-order valence-corrected chi connectivity index (χ3v) is 14.9. The Morgan fingerprint density at radius 1 is 0.700 bits per heavy atom. The topological polar surface area (TPSA) is 0 Å². The Balaban J connectivity index is 0.00000128. The van der Waals surface area contributed by atoms with Crippen LogP contribution in [0.15, 0.2) is 78.4 Å². The molecule has 0 spiro atoms. The Labute approximate surface area is 202 Å². The number of hydrogen-bond acceptors (Lipinski definition) is 0. The van der Waals surface area contributed by atoms with Crippen molar-refractivity contribution < 1.29 is 21.9 Å². The SMILES string of the molecule is CC1=Cc2c(-c3cccc4c3ccc3ccccc34)cccc2[CH]1[Zr]=[Si](C)C.Cl.Cl. The minimum absolute atomic E-state index is 0. The van der Waals surface area contributed by atoms with Crippen LogP contribution in [0.3, 0.4) is 0 Å². The fraction of sp³-hybridized carbons (Fsp3) is 0.154. The average molecular weight is 528 g/mol. The molecule has 30 heavy (non-hydrogen) atoms. The second-order valence-electron chi connectivity index (χ2n) is 7.96. The molecule has 5 rings (SSSR count). The predicted octanol–water partition coefficient (Wildman–Crippen LogP) is 8.30. The zero-order valence-corrected chi connectivity index (χ0v) is 22.5. The van der Waals surface area contributed by atoms with Gasteiger partial charge in [-0.05, 0) is 0 Å². The van der Waals surface area contributed by atoms with Crippen LogP contribution in [0, 0.1) is 0 Å². The molecule has 0 nitrogen and oxygen atoms in total. The zero-order chi connectivity index (χ0) is 19.3. The Kier molecular flexibility index (Phi) is 7.46. The van der Waals surface area contributed by atoms with Crippen molar-refractivity contribution in [2.24, 2.45) is 0 Å². The van der Waals surface area contributed by atoms with E-state index >= 15 is 0 Å². The molecule has 1 aliphatic rings. The smallest absolute Gasteiger partial charge is 0.147 e. The first kappa shape index (κ1) is 23.5. The zero-order valence-electron chi connectivity index (χ0n) is 17.4. The maximum absolute atomic E-state index is 2.50.